The summed E-state index contributed by atoms with van der Waals surface area (Å²) in [5.74, 6) is 0.718. The van der Waals surface area contributed by atoms with Crippen LogP contribution in [0.4, 0.5) is 0 Å². The summed E-state index contributed by atoms with van der Waals surface area (Å²) in [5, 5.41) is 4.69. The summed E-state index contributed by atoms with van der Waals surface area (Å²) in [7, 11) is 0. The minimum absolute atomic E-state index is 0.784. The molecule has 0 saturated heterocycles. The van der Waals surface area contributed by atoms with Crippen molar-refractivity contribution in [1.29, 1.82) is 0 Å². The normalized spacial score (nSPS) is 13.9. The summed E-state index contributed by atoms with van der Waals surface area (Å²) in [4.78, 5) is 0. The third kappa shape index (κ3) is 3.63. The van der Waals surface area contributed by atoms with Crippen LogP contribution in [0.15, 0.2) is 132 Å². The van der Waals surface area contributed by atoms with Crippen molar-refractivity contribution in [2.75, 3.05) is 0 Å². The molecule has 0 bridgehead atoms. The zero-order valence-corrected chi connectivity index (χ0v) is 23.8. The highest BCUT2D eigenvalue weighted by molar-refractivity contribution is 6.13. The Morgan fingerprint density at radius 2 is 1.19 bits per heavy atom. The fourth-order valence-corrected chi connectivity index (χ4v) is 6.72. The van der Waals surface area contributed by atoms with Crippen molar-refractivity contribution in [1.82, 2.24) is 4.57 Å². The SMILES string of the molecule is CC1(C)Oc2cc(-n3c4ccccc4c4ccccc43)ccc2-c2cc(-c3cccc4oc5ccccc5c34)ccc2O1. The minimum atomic E-state index is -0.859. The zero-order chi connectivity index (χ0) is 28.7. The number of fused-ring (bicyclic) bond motifs is 9. The second-order valence-electron chi connectivity index (χ2n) is 11.6. The maximum atomic E-state index is 6.60. The van der Waals surface area contributed by atoms with Gasteiger partial charge in [-0.25, -0.2) is 0 Å². The first-order valence-corrected chi connectivity index (χ1v) is 14.6. The number of benzene rings is 6. The fraction of sp³-hybridized carbons (Fsp3) is 0.0769. The molecule has 9 rings (SSSR count). The molecule has 0 saturated carbocycles. The Labute approximate surface area is 248 Å². The molecule has 0 spiro atoms. The van der Waals surface area contributed by atoms with E-state index in [2.05, 4.69) is 114 Å². The van der Waals surface area contributed by atoms with Gasteiger partial charge in [-0.15, -0.1) is 0 Å². The predicted octanol–water partition coefficient (Wildman–Crippen LogP) is 10.5. The first-order chi connectivity index (χ1) is 21.0. The van der Waals surface area contributed by atoms with Gasteiger partial charge in [0.1, 0.15) is 22.7 Å². The second kappa shape index (κ2) is 8.76. The van der Waals surface area contributed by atoms with Crippen molar-refractivity contribution in [3.05, 3.63) is 127 Å². The number of furan rings is 1. The number of rotatable bonds is 2. The van der Waals surface area contributed by atoms with E-state index in [-0.39, 0.29) is 0 Å². The molecule has 1 aliphatic rings. The van der Waals surface area contributed by atoms with E-state index >= 15 is 0 Å². The molecule has 206 valence electrons. The van der Waals surface area contributed by atoms with Gasteiger partial charge in [-0.05, 0) is 59.7 Å². The Balaban J connectivity index is 1.26. The molecule has 2 aromatic heterocycles. The van der Waals surface area contributed by atoms with Crippen LogP contribution in [0.3, 0.4) is 0 Å². The summed E-state index contributed by atoms with van der Waals surface area (Å²) < 4.78 is 21.6. The maximum absolute atomic E-state index is 6.60. The first kappa shape index (κ1) is 24.2. The molecule has 0 aliphatic carbocycles. The summed E-state index contributed by atoms with van der Waals surface area (Å²) in [6.07, 6.45) is 0. The van der Waals surface area contributed by atoms with E-state index in [0.29, 0.717) is 0 Å². The maximum Gasteiger partial charge on any atom is 0.245 e. The molecule has 4 heteroatoms. The van der Waals surface area contributed by atoms with Crippen LogP contribution in [0.25, 0.3) is 71.7 Å². The molecular weight excluding hydrogens is 530 g/mol. The van der Waals surface area contributed by atoms with Crippen LogP contribution in [-0.2, 0) is 0 Å². The van der Waals surface area contributed by atoms with Gasteiger partial charge < -0.3 is 18.5 Å². The van der Waals surface area contributed by atoms with Gasteiger partial charge in [-0.3, -0.25) is 0 Å². The Morgan fingerprint density at radius 1 is 0.512 bits per heavy atom. The van der Waals surface area contributed by atoms with E-state index in [1.54, 1.807) is 0 Å². The van der Waals surface area contributed by atoms with Crippen molar-refractivity contribution in [3.8, 4) is 39.4 Å². The highest BCUT2D eigenvalue weighted by Gasteiger charge is 2.30. The minimum Gasteiger partial charge on any atom is -0.456 e. The highest BCUT2D eigenvalue weighted by atomic mass is 16.7. The highest BCUT2D eigenvalue weighted by Crippen LogP contribution is 2.46. The van der Waals surface area contributed by atoms with E-state index < -0.39 is 5.79 Å². The summed E-state index contributed by atoms with van der Waals surface area (Å²) >= 11 is 0. The van der Waals surface area contributed by atoms with Gasteiger partial charge >= 0.3 is 0 Å². The lowest BCUT2D eigenvalue weighted by Gasteiger charge is -2.26. The van der Waals surface area contributed by atoms with Crippen molar-refractivity contribution in [2.24, 2.45) is 0 Å². The number of para-hydroxylation sites is 3. The largest absolute Gasteiger partial charge is 0.456 e. The molecule has 4 nitrogen and oxygen atoms in total. The van der Waals surface area contributed by atoms with E-state index in [9.17, 15) is 0 Å². The van der Waals surface area contributed by atoms with Crippen LogP contribution in [0.5, 0.6) is 11.5 Å². The smallest absolute Gasteiger partial charge is 0.245 e. The molecule has 0 fully saturated rings. The first-order valence-electron chi connectivity index (χ1n) is 14.6. The Bertz CT molecular complexity index is 2340. The Kier molecular flexibility index (Phi) is 4.92. The standard InChI is InChI=1S/C39H27NO3/c1-39(2)42-35-21-18-24(26-13-9-17-36-38(26)30-12-5-8-16-34(30)41-36)22-31(35)29-20-19-25(23-37(29)43-39)40-32-14-6-3-10-27(32)28-11-4-7-15-33(28)40/h3-23H,1-2H3. The molecule has 6 aromatic carbocycles. The third-order valence-electron chi connectivity index (χ3n) is 8.50. The van der Waals surface area contributed by atoms with Crippen LogP contribution in [0, 0.1) is 0 Å². The van der Waals surface area contributed by atoms with Crippen LogP contribution in [-0.4, -0.2) is 10.4 Å². The predicted molar refractivity (Wildman–Crippen MR) is 174 cm³/mol. The van der Waals surface area contributed by atoms with Gasteiger partial charge in [0.15, 0.2) is 0 Å². The van der Waals surface area contributed by atoms with Crippen LogP contribution in [0.1, 0.15) is 13.8 Å². The van der Waals surface area contributed by atoms with Gasteiger partial charge in [-0.1, -0.05) is 72.8 Å². The number of hydrogen-bond acceptors (Lipinski definition) is 3. The van der Waals surface area contributed by atoms with Gasteiger partial charge in [0, 0.05) is 58.3 Å². The molecule has 3 heterocycles. The van der Waals surface area contributed by atoms with E-state index in [1.807, 2.05) is 32.0 Å². The molecule has 0 unspecified atom stereocenters. The molecule has 0 N–H and O–H groups in total. The molecular formula is C39H27NO3. The molecule has 0 radical (unpaired) electrons. The van der Waals surface area contributed by atoms with E-state index in [1.165, 1.54) is 10.8 Å². The summed E-state index contributed by atoms with van der Waals surface area (Å²) in [6, 6.07) is 44.5. The number of hydrogen-bond donors (Lipinski definition) is 0. The monoisotopic (exact) mass is 557 g/mol. The molecule has 8 aromatic rings. The second-order valence-corrected chi connectivity index (χ2v) is 11.6. The summed E-state index contributed by atoms with van der Waals surface area (Å²) in [6.45, 7) is 3.93. The Hall–Kier alpha value is -5.48. The van der Waals surface area contributed by atoms with Crippen molar-refractivity contribution in [3.63, 3.8) is 0 Å². The number of aromatic nitrogens is 1. The van der Waals surface area contributed by atoms with Crippen molar-refractivity contribution in [2.45, 2.75) is 19.6 Å². The molecule has 1 aliphatic heterocycles. The zero-order valence-electron chi connectivity index (χ0n) is 23.8. The number of nitrogens with zero attached hydrogens (tertiary/aromatic N) is 1. The topological polar surface area (TPSA) is 36.5 Å². The third-order valence-corrected chi connectivity index (χ3v) is 8.50. The van der Waals surface area contributed by atoms with Crippen molar-refractivity contribution < 1.29 is 13.9 Å². The fourth-order valence-electron chi connectivity index (χ4n) is 6.72. The molecule has 0 atom stereocenters. The quantitative estimate of drug-likeness (QED) is 0.212. The lowest BCUT2D eigenvalue weighted by Crippen LogP contribution is -2.34. The average Bonchev–Trinajstić information content (AvgIpc) is 3.53. The molecule has 0 amide bonds. The average molecular weight is 558 g/mol. The summed E-state index contributed by atoms with van der Waals surface area (Å²) in [5.41, 5.74) is 9.35. The van der Waals surface area contributed by atoms with E-state index in [0.717, 1.165) is 72.4 Å². The Morgan fingerprint density at radius 3 is 1.98 bits per heavy atom. The van der Waals surface area contributed by atoms with Crippen LogP contribution >= 0.6 is 0 Å². The molecule has 43 heavy (non-hydrogen) atoms. The van der Waals surface area contributed by atoms with Gasteiger partial charge in [0.05, 0.1) is 11.0 Å². The van der Waals surface area contributed by atoms with Crippen molar-refractivity contribution >= 4 is 43.7 Å². The van der Waals surface area contributed by atoms with Gasteiger partial charge in [0.2, 0.25) is 5.79 Å². The number of ether oxygens (including phenoxy) is 2. The van der Waals surface area contributed by atoms with Gasteiger partial charge in [0.25, 0.3) is 0 Å². The van der Waals surface area contributed by atoms with Gasteiger partial charge in [-0.2, -0.15) is 0 Å². The van der Waals surface area contributed by atoms with Crippen LogP contribution < -0.4 is 9.47 Å². The van der Waals surface area contributed by atoms with Crippen LogP contribution in [0.2, 0.25) is 0 Å². The van der Waals surface area contributed by atoms with E-state index in [4.69, 9.17) is 13.9 Å². The lowest BCUT2D eigenvalue weighted by molar-refractivity contribution is -0.0778. The lowest BCUT2D eigenvalue weighted by atomic mass is 9.95.